The molecule has 1 aromatic rings. The van der Waals surface area contributed by atoms with E-state index in [2.05, 4.69) is 16.0 Å². The SMILES string of the molecule is CC(=O)OCc1ccc(NC(=O)CNC(=O)CNC(=O)CCCCCN2C(=O)CC(C)C2=O)cc1. The van der Waals surface area contributed by atoms with Crippen LogP contribution in [0.15, 0.2) is 24.3 Å². The van der Waals surface area contributed by atoms with Gasteiger partial charge in [-0.3, -0.25) is 33.7 Å². The molecule has 1 atom stereocenters. The number of hydrogen-bond acceptors (Lipinski definition) is 7. The van der Waals surface area contributed by atoms with Crippen LogP contribution in [-0.2, 0) is 40.1 Å². The van der Waals surface area contributed by atoms with Gasteiger partial charge in [0.25, 0.3) is 0 Å². The van der Waals surface area contributed by atoms with Crippen LogP contribution in [0.4, 0.5) is 5.69 Å². The van der Waals surface area contributed by atoms with E-state index in [1.807, 2.05) is 0 Å². The standard InChI is InChI=1S/C24H32N4O7/c1-16-12-23(33)28(24(16)34)11-5-3-4-6-20(30)25-13-21(31)26-14-22(32)27-19-9-7-18(8-10-19)15-35-17(2)29/h7-10,16H,3-6,11-15H2,1-2H3,(H,25,30)(H,26,31)(H,27,32). The van der Waals surface area contributed by atoms with E-state index in [0.29, 0.717) is 31.5 Å². The van der Waals surface area contributed by atoms with Gasteiger partial charge >= 0.3 is 5.97 Å². The van der Waals surface area contributed by atoms with Gasteiger partial charge in [-0.1, -0.05) is 25.5 Å². The van der Waals surface area contributed by atoms with Crippen molar-refractivity contribution in [3.63, 3.8) is 0 Å². The third-order valence-electron chi connectivity index (χ3n) is 5.33. The van der Waals surface area contributed by atoms with Gasteiger partial charge in [0.2, 0.25) is 29.5 Å². The number of likely N-dealkylation sites (tertiary alicyclic amines) is 1. The maximum atomic E-state index is 12.0. The van der Waals surface area contributed by atoms with Crippen LogP contribution in [0.25, 0.3) is 0 Å². The van der Waals surface area contributed by atoms with Crippen LogP contribution in [0.2, 0.25) is 0 Å². The van der Waals surface area contributed by atoms with Crippen LogP contribution in [0.1, 0.15) is 51.5 Å². The Morgan fingerprint density at radius 3 is 2.23 bits per heavy atom. The molecule has 2 rings (SSSR count). The highest BCUT2D eigenvalue weighted by molar-refractivity contribution is 6.03. The average molecular weight is 489 g/mol. The molecule has 0 saturated carbocycles. The molecule has 11 nitrogen and oxygen atoms in total. The lowest BCUT2D eigenvalue weighted by Crippen LogP contribution is -2.40. The van der Waals surface area contributed by atoms with Gasteiger partial charge in [0.1, 0.15) is 6.61 Å². The van der Waals surface area contributed by atoms with Crippen molar-refractivity contribution in [3.8, 4) is 0 Å². The molecule has 1 aliphatic heterocycles. The van der Waals surface area contributed by atoms with Crippen LogP contribution in [-0.4, -0.2) is 60.0 Å². The van der Waals surface area contributed by atoms with Gasteiger partial charge in [0.15, 0.2) is 0 Å². The zero-order valence-corrected chi connectivity index (χ0v) is 20.1. The predicted octanol–water partition coefficient (Wildman–Crippen LogP) is 0.876. The molecule has 35 heavy (non-hydrogen) atoms. The number of amides is 5. The van der Waals surface area contributed by atoms with Crippen molar-refractivity contribution < 1.29 is 33.5 Å². The minimum atomic E-state index is -0.495. The molecule has 0 bridgehead atoms. The number of anilines is 1. The molecule has 11 heteroatoms. The third-order valence-corrected chi connectivity index (χ3v) is 5.33. The molecule has 1 unspecified atom stereocenters. The zero-order valence-electron chi connectivity index (χ0n) is 20.1. The van der Waals surface area contributed by atoms with Crippen molar-refractivity contribution in [1.82, 2.24) is 15.5 Å². The number of esters is 1. The summed E-state index contributed by atoms with van der Waals surface area (Å²) < 4.78 is 4.89. The molecule has 0 aromatic heterocycles. The second kappa shape index (κ2) is 13.8. The highest BCUT2D eigenvalue weighted by Gasteiger charge is 2.34. The first-order valence-corrected chi connectivity index (χ1v) is 11.6. The summed E-state index contributed by atoms with van der Waals surface area (Å²) in [5.74, 6) is -2.13. The molecule has 1 heterocycles. The Bertz CT molecular complexity index is 946. The Balaban J connectivity index is 1.54. The lowest BCUT2D eigenvalue weighted by molar-refractivity contribution is -0.142. The van der Waals surface area contributed by atoms with Gasteiger partial charge < -0.3 is 20.7 Å². The van der Waals surface area contributed by atoms with Gasteiger partial charge in [-0.2, -0.15) is 0 Å². The summed E-state index contributed by atoms with van der Waals surface area (Å²) in [4.78, 5) is 71.4. The number of unbranched alkanes of at least 4 members (excludes halogenated alkanes) is 2. The molecular weight excluding hydrogens is 456 g/mol. The summed E-state index contributed by atoms with van der Waals surface area (Å²) in [6.07, 6.45) is 2.36. The van der Waals surface area contributed by atoms with Gasteiger partial charge in [0.05, 0.1) is 13.1 Å². The zero-order chi connectivity index (χ0) is 25.8. The quantitative estimate of drug-likeness (QED) is 0.212. The molecule has 0 radical (unpaired) electrons. The minimum Gasteiger partial charge on any atom is -0.461 e. The van der Waals surface area contributed by atoms with E-state index in [9.17, 15) is 28.8 Å². The van der Waals surface area contributed by atoms with E-state index in [1.165, 1.54) is 11.8 Å². The Morgan fingerprint density at radius 2 is 1.60 bits per heavy atom. The first-order valence-electron chi connectivity index (χ1n) is 11.6. The lowest BCUT2D eigenvalue weighted by Gasteiger charge is -2.13. The van der Waals surface area contributed by atoms with Crippen molar-refractivity contribution in [1.29, 1.82) is 0 Å². The summed E-state index contributed by atoms with van der Waals surface area (Å²) in [6.45, 7) is 3.07. The fourth-order valence-electron chi connectivity index (χ4n) is 3.40. The molecular formula is C24H32N4O7. The number of hydrogen-bond donors (Lipinski definition) is 3. The minimum absolute atomic E-state index is 0.137. The van der Waals surface area contributed by atoms with E-state index < -0.39 is 11.8 Å². The number of rotatable bonds is 13. The molecule has 190 valence electrons. The number of ether oxygens (including phenoxy) is 1. The van der Waals surface area contributed by atoms with E-state index in [0.717, 1.165) is 5.56 Å². The van der Waals surface area contributed by atoms with Gasteiger partial charge in [-0.25, -0.2) is 0 Å². The summed E-state index contributed by atoms with van der Waals surface area (Å²) >= 11 is 0. The lowest BCUT2D eigenvalue weighted by atomic mass is 10.1. The van der Waals surface area contributed by atoms with Crippen LogP contribution in [0.3, 0.4) is 0 Å². The molecule has 1 fully saturated rings. The number of imide groups is 1. The molecule has 1 saturated heterocycles. The van der Waals surface area contributed by atoms with Crippen molar-refractivity contribution in [2.45, 2.75) is 52.6 Å². The molecule has 5 amide bonds. The second-order valence-electron chi connectivity index (χ2n) is 8.38. The summed E-state index contributed by atoms with van der Waals surface area (Å²) in [7, 11) is 0. The first-order chi connectivity index (χ1) is 16.7. The topological polar surface area (TPSA) is 151 Å². The predicted molar refractivity (Wildman–Crippen MR) is 126 cm³/mol. The average Bonchev–Trinajstić information content (AvgIpc) is 3.06. The molecule has 1 aromatic carbocycles. The first kappa shape index (κ1) is 27.5. The maximum Gasteiger partial charge on any atom is 0.302 e. The Hall–Kier alpha value is -3.76. The van der Waals surface area contributed by atoms with Gasteiger partial charge in [-0.15, -0.1) is 0 Å². The summed E-state index contributed by atoms with van der Waals surface area (Å²) in [6, 6.07) is 6.72. The number of nitrogens with one attached hydrogen (secondary N) is 3. The van der Waals surface area contributed by atoms with Gasteiger partial charge in [0, 0.05) is 37.9 Å². The normalized spacial score (nSPS) is 15.0. The van der Waals surface area contributed by atoms with Gasteiger partial charge in [-0.05, 0) is 30.5 Å². The molecule has 0 spiro atoms. The third kappa shape index (κ3) is 9.95. The van der Waals surface area contributed by atoms with Crippen molar-refractivity contribution in [3.05, 3.63) is 29.8 Å². The van der Waals surface area contributed by atoms with Crippen molar-refractivity contribution >= 4 is 41.2 Å². The van der Waals surface area contributed by atoms with E-state index in [1.54, 1.807) is 31.2 Å². The maximum absolute atomic E-state index is 12.0. The number of benzene rings is 1. The van der Waals surface area contributed by atoms with Crippen LogP contribution < -0.4 is 16.0 Å². The van der Waals surface area contributed by atoms with E-state index in [-0.39, 0.29) is 62.1 Å². The smallest absolute Gasteiger partial charge is 0.302 e. The van der Waals surface area contributed by atoms with Crippen LogP contribution in [0.5, 0.6) is 0 Å². The van der Waals surface area contributed by atoms with Crippen molar-refractivity contribution in [2.75, 3.05) is 25.0 Å². The fraction of sp³-hybridized carbons (Fsp3) is 0.500. The Labute approximate surface area is 203 Å². The fourth-order valence-corrected chi connectivity index (χ4v) is 3.40. The molecule has 0 aliphatic carbocycles. The number of carbonyl (C=O) groups is 6. The highest BCUT2D eigenvalue weighted by atomic mass is 16.5. The monoisotopic (exact) mass is 488 g/mol. The summed E-state index contributed by atoms with van der Waals surface area (Å²) in [5, 5.41) is 7.55. The highest BCUT2D eigenvalue weighted by Crippen LogP contribution is 2.19. The van der Waals surface area contributed by atoms with E-state index >= 15 is 0 Å². The largest absolute Gasteiger partial charge is 0.461 e. The number of nitrogens with zero attached hydrogens (tertiary/aromatic N) is 1. The van der Waals surface area contributed by atoms with Crippen LogP contribution in [0, 0.1) is 5.92 Å². The van der Waals surface area contributed by atoms with E-state index in [4.69, 9.17) is 4.74 Å². The Morgan fingerprint density at radius 1 is 0.943 bits per heavy atom. The molecule has 3 N–H and O–H groups in total. The number of carbonyl (C=O) groups excluding carboxylic acids is 6. The second-order valence-corrected chi connectivity index (χ2v) is 8.38. The molecule has 1 aliphatic rings. The van der Waals surface area contributed by atoms with Crippen molar-refractivity contribution in [2.24, 2.45) is 5.92 Å². The van der Waals surface area contributed by atoms with Crippen LogP contribution >= 0.6 is 0 Å². The summed E-state index contributed by atoms with van der Waals surface area (Å²) in [5.41, 5.74) is 1.30. The Kier molecular flexibility index (Phi) is 10.9.